The summed E-state index contributed by atoms with van der Waals surface area (Å²) in [6, 6.07) is 3.10. The monoisotopic (exact) mass is 281 g/mol. The molecule has 1 unspecified atom stereocenters. The fourth-order valence-electron chi connectivity index (χ4n) is 1.86. The average Bonchev–Trinajstić information content (AvgIpc) is 2.45. The third-order valence-electron chi connectivity index (χ3n) is 3.14. The van der Waals surface area contributed by atoms with E-state index in [4.69, 9.17) is 10.9 Å². The fraction of sp³-hybridized carbons (Fsp3) is 0.500. The van der Waals surface area contributed by atoms with Gasteiger partial charge in [0, 0.05) is 19.2 Å². The van der Waals surface area contributed by atoms with Gasteiger partial charge in [0.1, 0.15) is 5.82 Å². The lowest BCUT2D eigenvalue weighted by Gasteiger charge is -2.25. The van der Waals surface area contributed by atoms with Crippen molar-refractivity contribution >= 4 is 17.3 Å². The Morgan fingerprint density at radius 1 is 1.65 bits per heavy atom. The third kappa shape index (κ3) is 3.34. The molecule has 0 saturated carbocycles. The van der Waals surface area contributed by atoms with E-state index in [1.54, 1.807) is 6.07 Å². The van der Waals surface area contributed by atoms with Gasteiger partial charge in [-0.2, -0.15) is 0 Å². The van der Waals surface area contributed by atoms with Gasteiger partial charge in [0.2, 0.25) is 0 Å². The Hall–Kier alpha value is -2.38. The highest BCUT2D eigenvalue weighted by Crippen LogP contribution is 2.22. The number of nitrogens with zero attached hydrogens (tertiary/aromatic N) is 4. The van der Waals surface area contributed by atoms with Gasteiger partial charge in [-0.25, -0.2) is 4.98 Å². The summed E-state index contributed by atoms with van der Waals surface area (Å²) in [5, 5.41) is 22.4. The molecule has 0 aliphatic carbocycles. The van der Waals surface area contributed by atoms with E-state index in [1.165, 1.54) is 6.07 Å². The van der Waals surface area contributed by atoms with Gasteiger partial charge in [0.05, 0.1) is 4.92 Å². The molecule has 0 aliphatic rings. The quantitative estimate of drug-likeness (QED) is 0.269. The second kappa shape index (κ2) is 6.69. The molecule has 1 aromatic rings. The molecule has 0 spiro atoms. The Kier molecular flexibility index (Phi) is 5.24. The molecular formula is C12H19N5O3. The Balaban J connectivity index is 3.22. The molecule has 1 heterocycles. The van der Waals surface area contributed by atoms with Gasteiger partial charge in [0.25, 0.3) is 5.69 Å². The minimum absolute atomic E-state index is 0.134. The number of amidine groups is 1. The van der Waals surface area contributed by atoms with Crippen LogP contribution in [-0.4, -0.2) is 34.0 Å². The molecule has 0 aromatic carbocycles. The summed E-state index contributed by atoms with van der Waals surface area (Å²) >= 11 is 0. The van der Waals surface area contributed by atoms with Crippen LogP contribution < -0.4 is 10.6 Å². The van der Waals surface area contributed by atoms with Crippen molar-refractivity contribution in [1.82, 2.24) is 4.98 Å². The van der Waals surface area contributed by atoms with Crippen molar-refractivity contribution in [2.75, 3.05) is 11.9 Å². The summed E-state index contributed by atoms with van der Waals surface area (Å²) in [5.41, 5.74) is 5.03. The maximum atomic E-state index is 10.9. The molecule has 0 aliphatic heterocycles. The molecule has 1 atom stereocenters. The lowest BCUT2D eigenvalue weighted by atomic mass is 10.1. The third-order valence-corrected chi connectivity index (χ3v) is 3.14. The molecule has 1 aromatic heterocycles. The summed E-state index contributed by atoms with van der Waals surface area (Å²) in [5.74, 6) is 0.160. The van der Waals surface area contributed by atoms with Crippen LogP contribution in [0.5, 0.6) is 0 Å². The predicted octanol–water partition coefficient (Wildman–Crippen LogP) is 1.71. The van der Waals surface area contributed by atoms with E-state index in [-0.39, 0.29) is 23.3 Å². The van der Waals surface area contributed by atoms with Gasteiger partial charge in [-0.1, -0.05) is 18.5 Å². The van der Waals surface area contributed by atoms with E-state index >= 15 is 0 Å². The Labute approximate surface area is 117 Å². The number of pyridine rings is 1. The van der Waals surface area contributed by atoms with Gasteiger partial charge in [0.15, 0.2) is 11.5 Å². The van der Waals surface area contributed by atoms with Gasteiger partial charge >= 0.3 is 0 Å². The molecule has 3 N–H and O–H groups in total. The Bertz CT molecular complexity index is 518. The van der Waals surface area contributed by atoms with E-state index in [1.807, 2.05) is 18.9 Å². The molecule has 8 heteroatoms. The molecule has 8 nitrogen and oxygen atoms in total. The maximum absolute atomic E-state index is 10.9. The van der Waals surface area contributed by atoms with Crippen molar-refractivity contribution in [2.24, 2.45) is 10.9 Å². The standard InChI is InChI=1S/C12H19N5O3/c1-4-5-8(2)16(3)10-7-6-9(17(19)20)11(14-10)12(13)15-18/h6-8,18H,4-5H2,1-3H3,(H2,13,15). The molecule has 0 fully saturated rings. The zero-order chi connectivity index (χ0) is 15.3. The SMILES string of the molecule is CCCC(C)N(C)c1ccc([N+](=O)[O-])c(/C(N)=N/O)n1. The normalized spacial score (nSPS) is 13.1. The van der Waals surface area contributed by atoms with Crippen molar-refractivity contribution in [3.05, 3.63) is 27.9 Å². The highest BCUT2D eigenvalue weighted by Gasteiger charge is 2.21. The number of hydrogen-bond acceptors (Lipinski definition) is 6. The zero-order valence-electron chi connectivity index (χ0n) is 11.8. The molecule has 0 radical (unpaired) electrons. The summed E-state index contributed by atoms with van der Waals surface area (Å²) in [6.07, 6.45) is 1.99. The highest BCUT2D eigenvalue weighted by molar-refractivity contribution is 5.99. The summed E-state index contributed by atoms with van der Waals surface area (Å²) in [7, 11) is 1.85. The van der Waals surface area contributed by atoms with Crippen LogP contribution in [-0.2, 0) is 0 Å². The summed E-state index contributed by atoms with van der Waals surface area (Å²) in [6.45, 7) is 4.12. The minimum atomic E-state index is -0.611. The van der Waals surface area contributed by atoms with Crippen LogP contribution in [0.2, 0.25) is 0 Å². The molecule has 0 amide bonds. The van der Waals surface area contributed by atoms with Crippen LogP contribution in [0.4, 0.5) is 11.5 Å². The fourth-order valence-corrected chi connectivity index (χ4v) is 1.86. The van der Waals surface area contributed by atoms with Crippen LogP contribution in [0, 0.1) is 10.1 Å². The number of nitrogens with two attached hydrogens (primary N) is 1. The first-order valence-corrected chi connectivity index (χ1v) is 6.28. The average molecular weight is 281 g/mol. The van der Waals surface area contributed by atoms with E-state index in [2.05, 4.69) is 17.1 Å². The summed E-state index contributed by atoms with van der Waals surface area (Å²) < 4.78 is 0. The van der Waals surface area contributed by atoms with Gasteiger partial charge in [-0.15, -0.1) is 0 Å². The minimum Gasteiger partial charge on any atom is -0.409 e. The molecule has 20 heavy (non-hydrogen) atoms. The van der Waals surface area contributed by atoms with E-state index in [0.717, 1.165) is 12.8 Å². The predicted molar refractivity (Wildman–Crippen MR) is 76.2 cm³/mol. The molecule has 1 rings (SSSR count). The van der Waals surface area contributed by atoms with Gasteiger partial charge in [-0.05, 0) is 19.4 Å². The lowest BCUT2D eigenvalue weighted by Crippen LogP contribution is -2.30. The van der Waals surface area contributed by atoms with E-state index in [0.29, 0.717) is 5.82 Å². The molecular weight excluding hydrogens is 262 g/mol. The van der Waals surface area contributed by atoms with Gasteiger partial charge < -0.3 is 15.8 Å². The topological polar surface area (TPSA) is 118 Å². The number of aromatic nitrogens is 1. The van der Waals surface area contributed by atoms with Crippen LogP contribution in [0.25, 0.3) is 0 Å². The lowest BCUT2D eigenvalue weighted by molar-refractivity contribution is -0.385. The van der Waals surface area contributed by atoms with Crippen LogP contribution >= 0.6 is 0 Å². The Morgan fingerprint density at radius 2 is 2.30 bits per heavy atom. The van der Waals surface area contributed by atoms with Crippen LogP contribution in [0.3, 0.4) is 0 Å². The first-order valence-electron chi connectivity index (χ1n) is 6.28. The van der Waals surface area contributed by atoms with Crippen LogP contribution in [0.15, 0.2) is 17.3 Å². The number of anilines is 1. The second-order valence-electron chi connectivity index (χ2n) is 4.53. The van der Waals surface area contributed by atoms with Crippen molar-refractivity contribution in [3.63, 3.8) is 0 Å². The van der Waals surface area contributed by atoms with Crippen molar-refractivity contribution in [2.45, 2.75) is 32.7 Å². The number of nitro groups is 1. The smallest absolute Gasteiger partial charge is 0.298 e. The first kappa shape index (κ1) is 15.7. The number of hydrogen-bond donors (Lipinski definition) is 2. The first-order chi connectivity index (χ1) is 9.42. The van der Waals surface area contributed by atoms with E-state index in [9.17, 15) is 10.1 Å². The summed E-state index contributed by atoms with van der Waals surface area (Å²) in [4.78, 5) is 16.3. The zero-order valence-corrected chi connectivity index (χ0v) is 11.8. The van der Waals surface area contributed by atoms with Gasteiger partial charge in [-0.3, -0.25) is 10.1 Å². The number of rotatable bonds is 6. The molecule has 110 valence electrons. The highest BCUT2D eigenvalue weighted by atomic mass is 16.6. The van der Waals surface area contributed by atoms with Crippen molar-refractivity contribution in [1.29, 1.82) is 0 Å². The number of oxime groups is 1. The molecule has 0 bridgehead atoms. The van der Waals surface area contributed by atoms with Crippen molar-refractivity contribution < 1.29 is 10.1 Å². The largest absolute Gasteiger partial charge is 0.409 e. The second-order valence-corrected chi connectivity index (χ2v) is 4.53. The molecule has 0 saturated heterocycles. The van der Waals surface area contributed by atoms with Crippen molar-refractivity contribution in [3.8, 4) is 0 Å². The Morgan fingerprint density at radius 3 is 2.80 bits per heavy atom. The maximum Gasteiger partial charge on any atom is 0.298 e. The van der Waals surface area contributed by atoms with E-state index < -0.39 is 4.92 Å². The van der Waals surface area contributed by atoms with Crippen LogP contribution in [0.1, 0.15) is 32.4 Å².